The molecule has 0 bridgehead atoms. The van der Waals surface area contributed by atoms with Crippen molar-refractivity contribution in [1.29, 1.82) is 0 Å². The number of nitrogens with one attached hydrogen (secondary N) is 1. The van der Waals surface area contributed by atoms with Crippen LogP contribution < -0.4 is 4.90 Å². The zero-order chi connectivity index (χ0) is 22.6. The number of aryl methyl sites for hydroxylation is 2. The van der Waals surface area contributed by atoms with Crippen LogP contribution in [0.5, 0.6) is 0 Å². The van der Waals surface area contributed by atoms with E-state index in [1.807, 2.05) is 35.4 Å². The fourth-order valence-corrected chi connectivity index (χ4v) is 4.78. The predicted molar refractivity (Wildman–Crippen MR) is 134 cm³/mol. The van der Waals surface area contributed by atoms with Gasteiger partial charge in [-0.25, -0.2) is 0 Å². The van der Waals surface area contributed by atoms with Crippen molar-refractivity contribution in [2.24, 2.45) is 0 Å². The van der Waals surface area contributed by atoms with Gasteiger partial charge in [-0.05, 0) is 61.7 Å². The van der Waals surface area contributed by atoms with Crippen LogP contribution in [0.1, 0.15) is 24.0 Å². The van der Waals surface area contributed by atoms with Gasteiger partial charge in [0.25, 0.3) is 0 Å². The number of carbonyl (C=O) groups is 1. The minimum atomic E-state index is 0.262. The Hall–Kier alpha value is -3.60. The Balaban J connectivity index is 1.24. The Bertz CT molecular complexity index is 1220. The minimum absolute atomic E-state index is 0.262. The molecule has 2 aromatic carbocycles. The summed E-state index contributed by atoms with van der Waals surface area (Å²) in [6.45, 7) is 5.48. The number of para-hydroxylation sites is 1. The highest BCUT2D eigenvalue weighted by atomic mass is 16.2. The molecule has 1 saturated heterocycles. The van der Waals surface area contributed by atoms with Crippen molar-refractivity contribution in [3.63, 3.8) is 0 Å². The fourth-order valence-electron chi connectivity index (χ4n) is 4.78. The predicted octanol–water partition coefficient (Wildman–Crippen LogP) is 5.21. The van der Waals surface area contributed by atoms with Gasteiger partial charge in [-0.3, -0.25) is 9.78 Å². The summed E-state index contributed by atoms with van der Waals surface area (Å²) in [6.07, 6.45) is 4.09. The number of rotatable bonds is 6. The normalized spacial score (nSPS) is 14.1. The molecule has 2 aromatic heterocycles. The highest BCUT2D eigenvalue weighted by molar-refractivity contribution is 5.90. The molecule has 5 rings (SSSR count). The van der Waals surface area contributed by atoms with Gasteiger partial charge in [-0.1, -0.05) is 35.9 Å². The van der Waals surface area contributed by atoms with E-state index < -0.39 is 0 Å². The van der Waals surface area contributed by atoms with Crippen LogP contribution in [0.2, 0.25) is 0 Å². The van der Waals surface area contributed by atoms with Crippen molar-refractivity contribution in [3.8, 4) is 11.4 Å². The van der Waals surface area contributed by atoms with Crippen LogP contribution in [0, 0.1) is 6.92 Å². The first kappa shape index (κ1) is 21.3. The highest BCUT2D eigenvalue weighted by Gasteiger charge is 2.21. The van der Waals surface area contributed by atoms with Crippen LogP contribution in [-0.2, 0) is 11.2 Å². The first-order valence-electron chi connectivity index (χ1n) is 11.8. The molecule has 1 N–H and O–H groups in total. The van der Waals surface area contributed by atoms with Gasteiger partial charge in [0, 0.05) is 55.4 Å². The summed E-state index contributed by atoms with van der Waals surface area (Å²) in [7, 11) is 0. The van der Waals surface area contributed by atoms with Gasteiger partial charge in [-0.2, -0.15) is 0 Å². The lowest BCUT2D eigenvalue weighted by Crippen LogP contribution is -2.48. The molecule has 0 atom stereocenters. The first-order chi connectivity index (χ1) is 16.2. The largest absolute Gasteiger partial charge is 0.368 e. The minimum Gasteiger partial charge on any atom is -0.368 e. The number of hydrogen-bond donors (Lipinski definition) is 1. The van der Waals surface area contributed by atoms with Crippen LogP contribution in [0.4, 0.5) is 5.69 Å². The summed E-state index contributed by atoms with van der Waals surface area (Å²) < 4.78 is 0. The van der Waals surface area contributed by atoms with Gasteiger partial charge < -0.3 is 14.8 Å². The molecule has 0 spiro atoms. The molecule has 33 heavy (non-hydrogen) atoms. The molecular weight excluding hydrogens is 408 g/mol. The van der Waals surface area contributed by atoms with Crippen molar-refractivity contribution in [3.05, 3.63) is 84.1 Å². The molecule has 168 valence electrons. The van der Waals surface area contributed by atoms with Crippen molar-refractivity contribution < 1.29 is 4.79 Å². The number of aromatic amines is 1. The number of fused-ring (bicyclic) bond motifs is 1. The number of anilines is 1. The average molecular weight is 439 g/mol. The lowest BCUT2D eigenvalue weighted by atomic mass is 10.0. The van der Waals surface area contributed by atoms with Gasteiger partial charge in [0.1, 0.15) is 0 Å². The van der Waals surface area contributed by atoms with Crippen molar-refractivity contribution in [2.75, 3.05) is 31.1 Å². The summed E-state index contributed by atoms with van der Waals surface area (Å²) >= 11 is 0. The lowest BCUT2D eigenvalue weighted by molar-refractivity contribution is -0.131. The quantitative estimate of drug-likeness (QED) is 0.450. The molecule has 0 unspecified atom stereocenters. The second-order valence-corrected chi connectivity index (χ2v) is 8.80. The molecule has 4 aromatic rings. The van der Waals surface area contributed by atoms with Gasteiger partial charge in [0.15, 0.2) is 0 Å². The van der Waals surface area contributed by atoms with Gasteiger partial charge in [0.2, 0.25) is 5.91 Å². The molecule has 3 heterocycles. The molecule has 1 aliphatic rings. The van der Waals surface area contributed by atoms with Crippen LogP contribution in [-0.4, -0.2) is 47.0 Å². The van der Waals surface area contributed by atoms with Gasteiger partial charge in [0.05, 0.1) is 11.4 Å². The van der Waals surface area contributed by atoms with Crippen molar-refractivity contribution in [1.82, 2.24) is 14.9 Å². The molecule has 1 aliphatic heterocycles. The number of piperazine rings is 1. The van der Waals surface area contributed by atoms with Crippen LogP contribution in [0.25, 0.3) is 22.3 Å². The summed E-state index contributed by atoms with van der Waals surface area (Å²) in [5.41, 5.74) is 6.88. The first-order valence-corrected chi connectivity index (χ1v) is 11.8. The Labute approximate surface area is 195 Å². The molecule has 5 nitrogen and oxygen atoms in total. The third kappa shape index (κ3) is 4.63. The maximum atomic E-state index is 12.9. The highest BCUT2D eigenvalue weighted by Crippen LogP contribution is 2.31. The van der Waals surface area contributed by atoms with Gasteiger partial charge >= 0.3 is 0 Å². The molecule has 0 saturated carbocycles. The second kappa shape index (κ2) is 9.49. The number of H-pyrrole nitrogens is 1. The summed E-state index contributed by atoms with van der Waals surface area (Å²) in [6, 6.07) is 22.9. The third-order valence-corrected chi connectivity index (χ3v) is 6.55. The second-order valence-electron chi connectivity index (χ2n) is 8.80. The molecular formula is C28H30N4O. The standard InChI is InChI=1S/C28H30N4O/c1-21-13-14-25-24(20-21)23(28(30-25)26-11-5-6-15-29-26)10-7-12-27(33)32-18-16-31(17-19-32)22-8-3-2-4-9-22/h2-6,8-9,11,13-15,20,30H,7,10,12,16-19H2,1H3. The van der Waals surface area contributed by atoms with E-state index >= 15 is 0 Å². The molecule has 1 amide bonds. The van der Waals surface area contributed by atoms with E-state index in [4.69, 9.17) is 0 Å². The summed E-state index contributed by atoms with van der Waals surface area (Å²) in [5.74, 6) is 0.262. The van der Waals surface area contributed by atoms with Crippen molar-refractivity contribution in [2.45, 2.75) is 26.2 Å². The van der Waals surface area contributed by atoms with Crippen LogP contribution in [0.15, 0.2) is 72.9 Å². The third-order valence-electron chi connectivity index (χ3n) is 6.55. The summed E-state index contributed by atoms with van der Waals surface area (Å²) in [4.78, 5) is 25.4. The zero-order valence-electron chi connectivity index (χ0n) is 19.1. The lowest BCUT2D eigenvalue weighted by Gasteiger charge is -2.36. The zero-order valence-corrected chi connectivity index (χ0v) is 19.1. The topological polar surface area (TPSA) is 52.2 Å². The average Bonchev–Trinajstić information content (AvgIpc) is 3.23. The van der Waals surface area contributed by atoms with E-state index in [-0.39, 0.29) is 5.91 Å². The Morgan fingerprint density at radius 1 is 0.970 bits per heavy atom. The van der Waals surface area contributed by atoms with E-state index in [0.29, 0.717) is 6.42 Å². The van der Waals surface area contributed by atoms with E-state index in [9.17, 15) is 4.79 Å². The number of nitrogens with zero attached hydrogens (tertiary/aromatic N) is 3. The van der Waals surface area contributed by atoms with Crippen LogP contribution >= 0.6 is 0 Å². The smallest absolute Gasteiger partial charge is 0.222 e. The van der Waals surface area contributed by atoms with Crippen LogP contribution in [0.3, 0.4) is 0 Å². The monoisotopic (exact) mass is 438 g/mol. The number of hydrogen-bond acceptors (Lipinski definition) is 3. The van der Waals surface area contributed by atoms with E-state index in [2.05, 4.69) is 64.3 Å². The SMILES string of the molecule is Cc1ccc2[nH]c(-c3ccccn3)c(CCCC(=O)N3CCN(c4ccccc4)CC3)c2c1. The van der Waals surface area contributed by atoms with Gasteiger partial charge in [-0.15, -0.1) is 0 Å². The summed E-state index contributed by atoms with van der Waals surface area (Å²) in [5, 5.41) is 1.24. The fraction of sp³-hybridized carbons (Fsp3) is 0.286. The molecule has 0 aliphatic carbocycles. The number of pyridine rings is 1. The number of amides is 1. The van der Waals surface area contributed by atoms with E-state index in [1.165, 1.54) is 22.2 Å². The molecule has 1 fully saturated rings. The Kier molecular flexibility index (Phi) is 6.11. The number of carbonyl (C=O) groups excluding carboxylic acids is 1. The maximum Gasteiger partial charge on any atom is 0.222 e. The maximum absolute atomic E-state index is 12.9. The van der Waals surface area contributed by atoms with E-state index in [0.717, 1.165) is 55.9 Å². The number of benzene rings is 2. The van der Waals surface area contributed by atoms with Crippen molar-refractivity contribution >= 4 is 22.5 Å². The number of aromatic nitrogens is 2. The molecule has 0 radical (unpaired) electrons. The molecule has 5 heteroatoms. The Morgan fingerprint density at radius 3 is 2.52 bits per heavy atom. The van der Waals surface area contributed by atoms with E-state index in [1.54, 1.807) is 0 Å². The Morgan fingerprint density at radius 2 is 1.76 bits per heavy atom.